The summed E-state index contributed by atoms with van der Waals surface area (Å²) in [5.41, 5.74) is 6.89. The van der Waals surface area contributed by atoms with Gasteiger partial charge in [0.1, 0.15) is 0 Å². The summed E-state index contributed by atoms with van der Waals surface area (Å²) in [6, 6.07) is 4.20. The minimum atomic E-state index is -0.986. The average molecular weight is 188 g/mol. The Morgan fingerprint density at radius 2 is 1.93 bits per heavy atom. The molecule has 1 aliphatic heterocycles. The van der Waals surface area contributed by atoms with E-state index >= 15 is 0 Å². The summed E-state index contributed by atoms with van der Waals surface area (Å²) < 4.78 is 0. The maximum atomic E-state index is 11.2. The van der Waals surface area contributed by atoms with Crippen LogP contribution in [0.2, 0.25) is 0 Å². The van der Waals surface area contributed by atoms with Crippen LogP contribution in [-0.4, -0.2) is 17.7 Å². The predicted octanol–water partition coefficient (Wildman–Crippen LogP) is 0.00810. The van der Waals surface area contributed by atoms with E-state index in [1.807, 2.05) is 0 Å². The van der Waals surface area contributed by atoms with Gasteiger partial charge >= 0.3 is 0 Å². The number of nitrogens with one attached hydrogen (secondary N) is 1. The number of benzene rings is 1. The number of imide groups is 1. The lowest BCUT2D eigenvalue weighted by atomic mass is 10.0. The summed E-state index contributed by atoms with van der Waals surface area (Å²) in [5, 5.41) is 3.19. The van der Waals surface area contributed by atoms with Crippen molar-refractivity contribution in [2.75, 3.05) is 0 Å². The minimum Gasteiger partial charge on any atom is -0.267 e. The molecule has 5 heteroatoms. The van der Waals surface area contributed by atoms with Crippen LogP contribution in [0.3, 0.4) is 0 Å². The number of fused-ring (bicyclic) bond motifs is 1. The summed E-state index contributed by atoms with van der Waals surface area (Å²) in [6.07, 6.45) is 0. The highest BCUT2D eigenvalue weighted by atomic mass is 16.2. The molecule has 1 aliphatic rings. The third-order valence-corrected chi connectivity index (χ3v) is 1.96. The van der Waals surface area contributed by atoms with Gasteiger partial charge in [0.2, 0.25) is 0 Å². The molecule has 68 valence electrons. The third-order valence-electron chi connectivity index (χ3n) is 1.96. The van der Waals surface area contributed by atoms with E-state index in [2.05, 4.69) is 5.32 Å². The Bertz CT molecular complexity index is 465. The van der Waals surface area contributed by atoms with Gasteiger partial charge in [0.25, 0.3) is 17.7 Å². The standard InChI is InChI=1S/C9H4N2O3/c10-7(12)4-2-1-3-5-6(4)9(14)11-8(5)13/h1-3,10H. The van der Waals surface area contributed by atoms with Crippen molar-refractivity contribution < 1.29 is 14.4 Å². The summed E-state index contributed by atoms with van der Waals surface area (Å²) in [5.74, 6) is -2.37. The quantitative estimate of drug-likeness (QED) is 0.581. The number of amides is 3. The Labute approximate surface area is 78.9 Å². The molecule has 2 rings (SSSR count). The van der Waals surface area contributed by atoms with E-state index in [9.17, 15) is 14.4 Å². The second-order valence-corrected chi connectivity index (χ2v) is 2.78. The second kappa shape index (κ2) is 2.66. The number of nitrogens with zero attached hydrogens (tertiary/aromatic N) is 1. The molecule has 0 fully saturated rings. The number of hydrogen-bond donors (Lipinski definition) is 0. The first-order chi connectivity index (χ1) is 6.61. The summed E-state index contributed by atoms with van der Waals surface area (Å²) >= 11 is 0. The monoisotopic (exact) mass is 188 g/mol. The third kappa shape index (κ3) is 0.990. The van der Waals surface area contributed by atoms with Crippen LogP contribution < -0.4 is 11.1 Å². The van der Waals surface area contributed by atoms with Crippen LogP contribution in [0.4, 0.5) is 0 Å². The Kier molecular flexibility index (Phi) is 1.60. The van der Waals surface area contributed by atoms with Crippen LogP contribution in [-0.2, 0) is 0 Å². The van der Waals surface area contributed by atoms with Crippen LogP contribution in [0.5, 0.6) is 0 Å². The molecule has 0 aliphatic carbocycles. The fraction of sp³-hybridized carbons (Fsp3) is 0. The number of carbonyl (C=O) groups excluding carboxylic acids is 3. The van der Waals surface area contributed by atoms with Gasteiger partial charge < -0.3 is 0 Å². The van der Waals surface area contributed by atoms with Gasteiger partial charge in [-0.15, -0.1) is 0 Å². The second-order valence-electron chi connectivity index (χ2n) is 2.78. The smallest absolute Gasteiger partial charge is 0.267 e. The molecule has 14 heavy (non-hydrogen) atoms. The molecule has 1 aromatic carbocycles. The molecule has 0 saturated heterocycles. The normalized spacial score (nSPS) is 13.7. The van der Waals surface area contributed by atoms with E-state index < -0.39 is 17.7 Å². The summed E-state index contributed by atoms with van der Waals surface area (Å²) in [6.45, 7) is 0. The van der Waals surface area contributed by atoms with Gasteiger partial charge in [-0.3, -0.25) is 20.1 Å². The van der Waals surface area contributed by atoms with Crippen molar-refractivity contribution in [3.05, 3.63) is 34.9 Å². The highest BCUT2D eigenvalue weighted by Crippen LogP contribution is 2.20. The molecule has 0 spiro atoms. The largest absolute Gasteiger partial charge is 0.282 e. The minimum absolute atomic E-state index is 0.0440. The maximum absolute atomic E-state index is 11.2. The molecule has 0 unspecified atom stereocenters. The molecule has 0 atom stereocenters. The first kappa shape index (κ1) is 8.43. The highest BCUT2D eigenvalue weighted by molar-refractivity contribution is 6.24. The lowest BCUT2D eigenvalue weighted by Gasteiger charge is -1.98. The first-order valence-corrected chi connectivity index (χ1v) is 3.80. The van der Waals surface area contributed by atoms with E-state index in [1.165, 1.54) is 18.2 Å². The maximum Gasteiger partial charge on any atom is 0.282 e. The fourth-order valence-electron chi connectivity index (χ4n) is 1.36. The zero-order valence-electron chi connectivity index (χ0n) is 6.90. The van der Waals surface area contributed by atoms with E-state index in [0.29, 0.717) is 0 Å². The predicted molar refractivity (Wildman–Crippen MR) is 44.7 cm³/mol. The Hall–Kier alpha value is -2.17. The lowest BCUT2D eigenvalue weighted by Crippen LogP contribution is -2.12. The SMILES string of the molecule is [NH]C(=O)c1cccc2c1C(=O)[N]C2=O. The number of hydrogen-bond acceptors (Lipinski definition) is 3. The van der Waals surface area contributed by atoms with Gasteiger partial charge in [0, 0.05) is 0 Å². The average Bonchev–Trinajstić information content (AvgIpc) is 2.43. The molecule has 0 bridgehead atoms. The molecular weight excluding hydrogens is 184 g/mol. The molecule has 0 saturated carbocycles. The molecule has 5 nitrogen and oxygen atoms in total. The van der Waals surface area contributed by atoms with Crippen LogP contribution in [0.25, 0.3) is 0 Å². The molecule has 0 aromatic heterocycles. The van der Waals surface area contributed by atoms with Crippen molar-refractivity contribution in [2.45, 2.75) is 0 Å². The van der Waals surface area contributed by atoms with Gasteiger partial charge in [0.15, 0.2) is 0 Å². The van der Waals surface area contributed by atoms with Crippen molar-refractivity contribution in [1.82, 2.24) is 11.1 Å². The van der Waals surface area contributed by atoms with Crippen molar-refractivity contribution >= 4 is 17.7 Å². The lowest BCUT2D eigenvalue weighted by molar-refractivity contribution is 0.0868. The van der Waals surface area contributed by atoms with Gasteiger partial charge in [-0.25, -0.2) is 0 Å². The fourth-order valence-corrected chi connectivity index (χ4v) is 1.36. The molecule has 1 N–H and O–H groups in total. The van der Waals surface area contributed by atoms with E-state index in [0.717, 1.165) is 0 Å². The zero-order valence-corrected chi connectivity index (χ0v) is 6.90. The van der Waals surface area contributed by atoms with Crippen LogP contribution in [0, 0.1) is 0 Å². The number of carbonyl (C=O) groups is 3. The van der Waals surface area contributed by atoms with E-state index in [1.54, 1.807) is 0 Å². The zero-order chi connectivity index (χ0) is 10.3. The van der Waals surface area contributed by atoms with E-state index in [-0.39, 0.29) is 16.7 Å². The topological polar surface area (TPSA) is 89.1 Å². The molecular formula is C9H4N2O3. The first-order valence-electron chi connectivity index (χ1n) is 3.80. The van der Waals surface area contributed by atoms with Gasteiger partial charge in [0.05, 0.1) is 16.7 Å². The van der Waals surface area contributed by atoms with Crippen LogP contribution >= 0.6 is 0 Å². The summed E-state index contributed by atoms with van der Waals surface area (Å²) in [4.78, 5) is 33.1. The van der Waals surface area contributed by atoms with Gasteiger partial charge in [-0.05, 0) is 12.1 Å². The Balaban J connectivity index is 2.74. The summed E-state index contributed by atoms with van der Waals surface area (Å²) in [7, 11) is 0. The molecule has 2 radical (unpaired) electrons. The van der Waals surface area contributed by atoms with E-state index in [4.69, 9.17) is 5.73 Å². The van der Waals surface area contributed by atoms with Gasteiger partial charge in [-0.2, -0.15) is 5.32 Å². The molecule has 1 aromatic rings. The van der Waals surface area contributed by atoms with Crippen molar-refractivity contribution in [3.8, 4) is 0 Å². The van der Waals surface area contributed by atoms with Gasteiger partial charge in [-0.1, -0.05) is 6.07 Å². The molecule has 1 heterocycles. The van der Waals surface area contributed by atoms with Crippen LogP contribution in [0.1, 0.15) is 31.1 Å². The highest BCUT2D eigenvalue weighted by Gasteiger charge is 2.32. The van der Waals surface area contributed by atoms with Crippen LogP contribution in [0.15, 0.2) is 18.2 Å². The van der Waals surface area contributed by atoms with Crippen molar-refractivity contribution in [1.29, 1.82) is 0 Å². The Morgan fingerprint density at radius 3 is 2.57 bits per heavy atom. The molecule has 3 amide bonds. The Morgan fingerprint density at radius 1 is 1.21 bits per heavy atom. The van der Waals surface area contributed by atoms with Crippen molar-refractivity contribution in [2.24, 2.45) is 0 Å². The number of rotatable bonds is 1. The van der Waals surface area contributed by atoms with Crippen molar-refractivity contribution in [3.63, 3.8) is 0 Å².